The fourth-order valence-corrected chi connectivity index (χ4v) is 3.32. The molecule has 0 bridgehead atoms. The number of nitrogens with zero attached hydrogens (tertiary/aromatic N) is 1. The number of aromatic nitrogens is 1. The number of nitrogens with one attached hydrogen (secondary N) is 1. The molecular formula is C15H13BrN2OS. The number of halogens is 1. The molecule has 20 heavy (non-hydrogen) atoms. The first-order valence-electron chi connectivity index (χ1n) is 6.13. The number of rotatable bonds is 3. The zero-order valence-electron chi connectivity index (χ0n) is 11.1. The smallest absolute Gasteiger partial charge is 0.188 e. The van der Waals surface area contributed by atoms with E-state index in [4.69, 9.17) is 4.74 Å². The molecule has 1 heterocycles. The third-order valence-electron chi connectivity index (χ3n) is 2.95. The highest BCUT2D eigenvalue weighted by Gasteiger charge is 2.08. The van der Waals surface area contributed by atoms with Crippen molar-refractivity contribution in [3.05, 3.63) is 46.4 Å². The van der Waals surface area contributed by atoms with Gasteiger partial charge in [0, 0.05) is 4.47 Å². The van der Waals surface area contributed by atoms with Crippen LogP contribution in [0.5, 0.6) is 5.75 Å². The molecule has 1 N–H and O–H groups in total. The summed E-state index contributed by atoms with van der Waals surface area (Å²) in [6, 6.07) is 12.1. The summed E-state index contributed by atoms with van der Waals surface area (Å²) in [6.07, 6.45) is 0. The van der Waals surface area contributed by atoms with E-state index in [9.17, 15) is 0 Å². The molecule has 3 nitrogen and oxygen atoms in total. The van der Waals surface area contributed by atoms with Crippen LogP contribution in [0.15, 0.2) is 40.9 Å². The SMILES string of the molecule is COc1ccc(Br)cc1Nc1nc2ccc(C)cc2s1. The number of fused-ring (bicyclic) bond motifs is 1. The number of ether oxygens (including phenoxy) is 1. The zero-order valence-corrected chi connectivity index (χ0v) is 13.5. The van der Waals surface area contributed by atoms with Gasteiger partial charge in [-0.3, -0.25) is 0 Å². The summed E-state index contributed by atoms with van der Waals surface area (Å²) in [7, 11) is 1.66. The number of thiazole rings is 1. The Morgan fingerprint density at radius 3 is 2.85 bits per heavy atom. The Balaban J connectivity index is 1.98. The molecule has 3 aromatic rings. The molecule has 0 fully saturated rings. The molecule has 0 aliphatic carbocycles. The number of methoxy groups -OCH3 is 1. The van der Waals surface area contributed by atoms with E-state index in [1.165, 1.54) is 10.3 Å². The lowest BCUT2D eigenvalue weighted by Gasteiger charge is -2.09. The molecule has 0 unspecified atom stereocenters. The first kappa shape index (κ1) is 13.4. The molecule has 1 aromatic heterocycles. The van der Waals surface area contributed by atoms with Crippen molar-refractivity contribution in [2.24, 2.45) is 0 Å². The Bertz CT molecular complexity index is 770. The number of hydrogen-bond donors (Lipinski definition) is 1. The molecule has 0 atom stereocenters. The molecule has 3 rings (SSSR count). The van der Waals surface area contributed by atoms with E-state index in [1.807, 2.05) is 24.3 Å². The monoisotopic (exact) mass is 348 g/mol. The Morgan fingerprint density at radius 2 is 2.05 bits per heavy atom. The predicted molar refractivity (Wildman–Crippen MR) is 88.3 cm³/mol. The van der Waals surface area contributed by atoms with Gasteiger partial charge in [0.05, 0.1) is 23.0 Å². The Hall–Kier alpha value is -1.59. The zero-order chi connectivity index (χ0) is 14.1. The van der Waals surface area contributed by atoms with Crippen LogP contribution in [0.25, 0.3) is 10.2 Å². The van der Waals surface area contributed by atoms with Crippen LogP contribution in [0.4, 0.5) is 10.8 Å². The van der Waals surface area contributed by atoms with Crippen LogP contribution in [0.3, 0.4) is 0 Å². The highest BCUT2D eigenvalue weighted by atomic mass is 79.9. The van der Waals surface area contributed by atoms with Gasteiger partial charge in [-0.15, -0.1) is 0 Å². The van der Waals surface area contributed by atoms with Gasteiger partial charge in [-0.25, -0.2) is 4.98 Å². The first-order valence-corrected chi connectivity index (χ1v) is 7.74. The quantitative estimate of drug-likeness (QED) is 0.713. The third kappa shape index (κ3) is 2.64. The summed E-state index contributed by atoms with van der Waals surface area (Å²) in [5.41, 5.74) is 3.16. The first-order chi connectivity index (χ1) is 9.65. The molecule has 0 saturated heterocycles. The maximum absolute atomic E-state index is 5.36. The van der Waals surface area contributed by atoms with Gasteiger partial charge >= 0.3 is 0 Å². The molecule has 0 aliphatic rings. The van der Waals surface area contributed by atoms with Crippen LogP contribution in [-0.4, -0.2) is 12.1 Å². The van der Waals surface area contributed by atoms with Gasteiger partial charge in [0.15, 0.2) is 5.13 Å². The van der Waals surface area contributed by atoms with Crippen molar-refractivity contribution in [2.45, 2.75) is 6.92 Å². The summed E-state index contributed by atoms with van der Waals surface area (Å²) in [5, 5.41) is 4.19. The minimum atomic E-state index is 0.795. The van der Waals surface area contributed by atoms with Gasteiger partial charge in [0.25, 0.3) is 0 Å². The van der Waals surface area contributed by atoms with Crippen molar-refractivity contribution >= 4 is 48.3 Å². The highest BCUT2D eigenvalue weighted by Crippen LogP contribution is 2.34. The van der Waals surface area contributed by atoms with Crippen molar-refractivity contribution in [3.63, 3.8) is 0 Å². The van der Waals surface area contributed by atoms with E-state index < -0.39 is 0 Å². The fraction of sp³-hybridized carbons (Fsp3) is 0.133. The van der Waals surface area contributed by atoms with Crippen molar-refractivity contribution in [3.8, 4) is 5.75 Å². The van der Waals surface area contributed by atoms with Gasteiger partial charge in [-0.05, 0) is 42.8 Å². The topological polar surface area (TPSA) is 34.1 Å². The molecule has 0 radical (unpaired) electrons. The lowest BCUT2D eigenvalue weighted by atomic mass is 10.2. The van der Waals surface area contributed by atoms with Crippen LogP contribution in [-0.2, 0) is 0 Å². The van der Waals surface area contributed by atoms with E-state index >= 15 is 0 Å². The second kappa shape index (κ2) is 5.42. The van der Waals surface area contributed by atoms with E-state index in [0.717, 1.165) is 26.6 Å². The number of benzene rings is 2. The molecule has 0 saturated carbocycles. The predicted octanol–water partition coefficient (Wildman–Crippen LogP) is 5.12. The normalized spacial score (nSPS) is 10.8. The molecule has 5 heteroatoms. The Morgan fingerprint density at radius 1 is 1.20 bits per heavy atom. The third-order valence-corrected chi connectivity index (χ3v) is 4.37. The number of hydrogen-bond acceptors (Lipinski definition) is 4. The average Bonchev–Trinajstić information content (AvgIpc) is 2.80. The largest absolute Gasteiger partial charge is 0.495 e. The maximum Gasteiger partial charge on any atom is 0.188 e. The lowest BCUT2D eigenvalue weighted by molar-refractivity contribution is 0.417. The summed E-state index contributed by atoms with van der Waals surface area (Å²) >= 11 is 5.11. The number of anilines is 2. The molecule has 0 spiro atoms. The van der Waals surface area contributed by atoms with Crippen molar-refractivity contribution in [1.29, 1.82) is 0 Å². The summed E-state index contributed by atoms with van der Waals surface area (Å²) < 4.78 is 7.54. The molecule has 0 amide bonds. The van der Waals surface area contributed by atoms with Crippen molar-refractivity contribution in [1.82, 2.24) is 4.98 Å². The van der Waals surface area contributed by atoms with E-state index in [1.54, 1.807) is 18.4 Å². The second-order valence-electron chi connectivity index (χ2n) is 4.46. The summed E-state index contributed by atoms with van der Waals surface area (Å²) in [4.78, 5) is 4.59. The van der Waals surface area contributed by atoms with Crippen LogP contribution in [0, 0.1) is 6.92 Å². The Kier molecular flexibility index (Phi) is 3.63. The lowest BCUT2D eigenvalue weighted by Crippen LogP contribution is -1.93. The van der Waals surface area contributed by atoms with Gasteiger partial charge < -0.3 is 10.1 Å². The maximum atomic E-state index is 5.36. The van der Waals surface area contributed by atoms with Crippen molar-refractivity contribution in [2.75, 3.05) is 12.4 Å². The van der Waals surface area contributed by atoms with Crippen LogP contribution >= 0.6 is 27.3 Å². The van der Waals surface area contributed by atoms with Gasteiger partial charge in [0.2, 0.25) is 0 Å². The number of aryl methyl sites for hydroxylation is 1. The second-order valence-corrected chi connectivity index (χ2v) is 6.41. The molecule has 0 aliphatic heterocycles. The van der Waals surface area contributed by atoms with Gasteiger partial charge in [-0.1, -0.05) is 33.3 Å². The molecule has 2 aromatic carbocycles. The van der Waals surface area contributed by atoms with Crippen LogP contribution in [0.2, 0.25) is 0 Å². The minimum absolute atomic E-state index is 0.795. The minimum Gasteiger partial charge on any atom is -0.495 e. The van der Waals surface area contributed by atoms with E-state index in [-0.39, 0.29) is 0 Å². The Labute approximate surface area is 129 Å². The van der Waals surface area contributed by atoms with E-state index in [2.05, 4.69) is 45.3 Å². The fourth-order valence-electron chi connectivity index (χ4n) is 1.98. The van der Waals surface area contributed by atoms with Crippen LogP contribution in [0.1, 0.15) is 5.56 Å². The van der Waals surface area contributed by atoms with Crippen LogP contribution < -0.4 is 10.1 Å². The summed E-state index contributed by atoms with van der Waals surface area (Å²) in [5.74, 6) is 0.795. The van der Waals surface area contributed by atoms with Gasteiger partial charge in [-0.2, -0.15) is 0 Å². The molecular weight excluding hydrogens is 336 g/mol. The average molecular weight is 349 g/mol. The summed E-state index contributed by atoms with van der Waals surface area (Å²) in [6.45, 7) is 2.09. The van der Waals surface area contributed by atoms with E-state index in [0.29, 0.717) is 0 Å². The standard InChI is InChI=1S/C15H13BrN2OS/c1-9-3-5-11-14(7-9)20-15(17-11)18-12-8-10(16)4-6-13(12)19-2/h3-8H,1-2H3,(H,17,18). The molecule has 102 valence electrons. The van der Waals surface area contributed by atoms with Crippen molar-refractivity contribution < 1.29 is 4.74 Å². The van der Waals surface area contributed by atoms with Gasteiger partial charge in [0.1, 0.15) is 5.75 Å². The highest BCUT2D eigenvalue weighted by molar-refractivity contribution is 9.10.